The van der Waals surface area contributed by atoms with E-state index in [1.54, 1.807) is 12.1 Å². The van der Waals surface area contributed by atoms with Crippen LogP contribution in [-0.2, 0) is 19.4 Å². The molecule has 0 aliphatic carbocycles. The molecule has 3 aromatic rings. The van der Waals surface area contributed by atoms with Gasteiger partial charge in [-0.15, -0.1) is 5.10 Å². The zero-order valence-corrected chi connectivity index (χ0v) is 12.7. The minimum Gasteiger partial charge on any atom is -0.508 e. The summed E-state index contributed by atoms with van der Waals surface area (Å²) in [6.07, 6.45) is 3.92. The van der Waals surface area contributed by atoms with Gasteiger partial charge >= 0.3 is 0 Å². The van der Waals surface area contributed by atoms with Crippen LogP contribution in [0.1, 0.15) is 11.1 Å². The Labute approximate surface area is 134 Å². The molecule has 0 bridgehead atoms. The van der Waals surface area contributed by atoms with Crippen LogP contribution in [-0.4, -0.2) is 26.6 Å². The topological polar surface area (TPSA) is 63.0 Å². The van der Waals surface area contributed by atoms with Crippen LogP contribution in [0.2, 0.25) is 0 Å². The molecule has 2 heterocycles. The number of hydrogen-bond acceptors (Lipinski definition) is 4. The number of aromatic nitrogens is 3. The third kappa shape index (κ3) is 2.90. The number of benzene rings is 2. The van der Waals surface area contributed by atoms with E-state index in [9.17, 15) is 5.11 Å². The molecule has 0 saturated carbocycles. The quantitative estimate of drug-likeness (QED) is 0.778. The lowest BCUT2D eigenvalue weighted by molar-refractivity contribution is 0.475. The Balaban J connectivity index is 1.47. The van der Waals surface area contributed by atoms with E-state index in [1.807, 2.05) is 23.0 Å². The van der Waals surface area contributed by atoms with Gasteiger partial charge in [0.15, 0.2) is 0 Å². The number of nitrogens with one attached hydrogen (secondary N) is 1. The smallest absolute Gasteiger partial charge is 0.115 e. The molecule has 0 spiro atoms. The summed E-state index contributed by atoms with van der Waals surface area (Å²) in [6.45, 7) is 1.78. The second-order valence-electron chi connectivity index (χ2n) is 5.83. The molecule has 4 rings (SSSR count). The molecule has 116 valence electrons. The largest absolute Gasteiger partial charge is 0.508 e. The number of rotatable bonds is 4. The highest BCUT2D eigenvalue weighted by Crippen LogP contribution is 2.27. The highest BCUT2D eigenvalue weighted by atomic mass is 16.3. The van der Waals surface area contributed by atoms with E-state index >= 15 is 0 Å². The first-order valence-corrected chi connectivity index (χ1v) is 7.83. The van der Waals surface area contributed by atoms with Gasteiger partial charge in [-0.05, 0) is 48.2 Å². The molecule has 0 amide bonds. The monoisotopic (exact) mass is 306 g/mol. The standard InChI is InChI=1S/C18H18N4O/c23-16-4-1-13(2-5-16)8-10-22-12-18(20-21-22)14-3-6-17-15(11-14)7-9-19-17/h1-6,11-12,19,23H,7-10H2. The molecule has 0 unspecified atom stereocenters. The van der Waals surface area contributed by atoms with Crippen LogP contribution in [0.15, 0.2) is 48.7 Å². The molecule has 1 aliphatic rings. The highest BCUT2D eigenvalue weighted by Gasteiger charge is 2.12. The van der Waals surface area contributed by atoms with Crippen molar-refractivity contribution < 1.29 is 5.11 Å². The lowest BCUT2D eigenvalue weighted by Gasteiger charge is -2.02. The first kappa shape index (κ1) is 13.8. The fraction of sp³-hybridized carbons (Fsp3) is 0.222. The summed E-state index contributed by atoms with van der Waals surface area (Å²) in [5.41, 5.74) is 5.77. The van der Waals surface area contributed by atoms with Gasteiger partial charge in [-0.25, -0.2) is 0 Å². The Morgan fingerprint density at radius 1 is 1.13 bits per heavy atom. The van der Waals surface area contributed by atoms with Crippen molar-refractivity contribution in [3.63, 3.8) is 0 Å². The normalized spacial score (nSPS) is 12.9. The maximum atomic E-state index is 9.31. The summed E-state index contributed by atoms with van der Waals surface area (Å²) in [7, 11) is 0. The summed E-state index contributed by atoms with van der Waals surface area (Å²) in [5, 5.41) is 21.2. The first-order chi connectivity index (χ1) is 11.3. The Morgan fingerprint density at radius 2 is 2.00 bits per heavy atom. The number of phenols is 1. The predicted molar refractivity (Wildman–Crippen MR) is 89.5 cm³/mol. The Kier molecular flexibility index (Phi) is 3.46. The molecule has 2 N–H and O–H groups in total. The third-order valence-electron chi connectivity index (χ3n) is 4.22. The predicted octanol–water partition coefficient (Wildman–Crippen LogP) is 2.86. The lowest BCUT2D eigenvalue weighted by Crippen LogP contribution is -2.01. The van der Waals surface area contributed by atoms with E-state index in [4.69, 9.17) is 0 Å². The van der Waals surface area contributed by atoms with Gasteiger partial charge in [0.05, 0.1) is 6.20 Å². The molecule has 0 saturated heterocycles. The van der Waals surface area contributed by atoms with E-state index in [2.05, 4.69) is 33.8 Å². The molecule has 1 aromatic heterocycles. The SMILES string of the molecule is Oc1ccc(CCn2cc(-c3ccc4c(c3)CCN4)nn2)cc1. The highest BCUT2D eigenvalue weighted by molar-refractivity contribution is 5.67. The Bertz CT molecular complexity index is 823. The van der Waals surface area contributed by atoms with Crippen molar-refractivity contribution in [3.8, 4) is 17.0 Å². The van der Waals surface area contributed by atoms with Crippen LogP contribution in [0.3, 0.4) is 0 Å². The van der Waals surface area contributed by atoms with Crippen molar-refractivity contribution >= 4 is 5.69 Å². The number of hydrogen-bond donors (Lipinski definition) is 2. The zero-order valence-electron chi connectivity index (χ0n) is 12.7. The molecule has 0 radical (unpaired) electrons. The van der Waals surface area contributed by atoms with Gasteiger partial charge in [-0.3, -0.25) is 4.68 Å². The Hall–Kier alpha value is -2.82. The number of phenolic OH excluding ortho intramolecular Hbond substituents is 1. The molecule has 1 aliphatic heterocycles. The average Bonchev–Trinajstić information content (AvgIpc) is 3.22. The molecule has 5 heteroatoms. The van der Waals surface area contributed by atoms with Gasteiger partial charge in [0.1, 0.15) is 11.4 Å². The summed E-state index contributed by atoms with van der Waals surface area (Å²) in [6, 6.07) is 13.7. The van der Waals surface area contributed by atoms with Crippen LogP contribution < -0.4 is 5.32 Å². The number of nitrogens with zero attached hydrogens (tertiary/aromatic N) is 3. The van der Waals surface area contributed by atoms with Crippen LogP contribution in [0, 0.1) is 0 Å². The summed E-state index contributed by atoms with van der Waals surface area (Å²) in [5.74, 6) is 0.294. The molecular weight excluding hydrogens is 288 g/mol. The van der Waals surface area contributed by atoms with Crippen molar-refractivity contribution in [2.75, 3.05) is 11.9 Å². The maximum absolute atomic E-state index is 9.31. The van der Waals surface area contributed by atoms with Crippen molar-refractivity contribution in [3.05, 3.63) is 59.8 Å². The number of aryl methyl sites for hydroxylation is 2. The average molecular weight is 306 g/mol. The minimum atomic E-state index is 0.294. The van der Waals surface area contributed by atoms with Gasteiger partial charge in [-0.2, -0.15) is 0 Å². The Morgan fingerprint density at radius 3 is 2.87 bits per heavy atom. The van der Waals surface area contributed by atoms with E-state index in [0.717, 1.165) is 37.2 Å². The fourth-order valence-electron chi connectivity index (χ4n) is 2.91. The molecule has 2 aromatic carbocycles. The van der Waals surface area contributed by atoms with Crippen LogP contribution in [0.25, 0.3) is 11.3 Å². The van der Waals surface area contributed by atoms with Crippen LogP contribution >= 0.6 is 0 Å². The maximum Gasteiger partial charge on any atom is 0.115 e. The van der Waals surface area contributed by atoms with Crippen LogP contribution in [0.4, 0.5) is 5.69 Å². The van der Waals surface area contributed by atoms with Crippen LogP contribution in [0.5, 0.6) is 5.75 Å². The van der Waals surface area contributed by atoms with Gasteiger partial charge in [0, 0.05) is 24.3 Å². The van der Waals surface area contributed by atoms with Crippen molar-refractivity contribution in [2.24, 2.45) is 0 Å². The van der Waals surface area contributed by atoms with E-state index in [1.165, 1.54) is 16.8 Å². The number of anilines is 1. The number of aromatic hydroxyl groups is 1. The second kappa shape index (κ2) is 5.76. The van der Waals surface area contributed by atoms with E-state index in [-0.39, 0.29) is 0 Å². The fourth-order valence-corrected chi connectivity index (χ4v) is 2.91. The molecule has 23 heavy (non-hydrogen) atoms. The second-order valence-corrected chi connectivity index (χ2v) is 5.83. The van der Waals surface area contributed by atoms with Crippen molar-refractivity contribution in [1.82, 2.24) is 15.0 Å². The molecular formula is C18H18N4O. The van der Waals surface area contributed by atoms with Gasteiger partial charge < -0.3 is 10.4 Å². The van der Waals surface area contributed by atoms with E-state index < -0.39 is 0 Å². The summed E-state index contributed by atoms with van der Waals surface area (Å²) < 4.78 is 1.87. The van der Waals surface area contributed by atoms with Gasteiger partial charge in [0.2, 0.25) is 0 Å². The van der Waals surface area contributed by atoms with E-state index in [0.29, 0.717) is 5.75 Å². The van der Waals surface area contributed by atoms with Crippen molar-refractivity contribution in [1.29, 1.82) is 0 Å². The molecule has 5 nitrogen and oxygen atoms in total. The molecule has 0 fully saturated rings. The third-order valence-corrected chi connectivity index (χ3v) is 4.22. The van der Waals surface area contributed by atoms with Gasteiger partial charge in [-0.1, -0.05) is 23.4 Å². The number of fused-ring (bicyclic) bond motifs is 1. The first-order valence-electron chi connectivity index (χ1n) is 7.83. The molecule has 0 atom stereocenters. The zero-order chi connectivity index (χ0) is 15.6. The summed E-state index contributed by atoms with van der Waals surface area (Å²) in [4.78, 5) is 0. The van der Waals surface area contributed by atoms with Gasteiger partial charge in [0.25, 0.3) is 0 Å². The minimum absolute atomic E-state index is 0.294. The lowest BCUT2D eigenvalue weighted by atomic mass is 10.1. The van der Waals surface area contributed by atoms with Crippen molar-refractivity contribution in [2.45, 2.75) is 19.4 Å². The summed E-state index contributed by atoms with van der Waals surface area (Å²) >= 11 is 0.